The van der Waals surface area contributed by atoms with Gasteiger partial charge in [-0.05, 0) is 172 Å². The Labute approximate surface area is 504 Å². The van der Waals surface area contributed by atoms with E-state index in [1.807, 2.05) is 152 Å². The number of Topliss-reactive ketones (excluding diaryl/α,β-unsaturated/α-hetero) is 1. The Balaban J connectivity index is 0.000000224. The third kappa shape index (κ3) is 18.0. The van der Waals surface area contributed by atoms with Gasteiger partial charge in [-0.25, -0.2) is 9.69 Å². The Morgan fingerprint density at radius 2 is 0.814 bits per heavy atom. The Morgan fingerprint density at radius 3 is 1.17 bits per heavy atom. The minimum atomic E-state index is -1.80. The monoisotopic (exact) mass is 1130 g/mol. The van der Waals surface area contributed by atoms with Crippen LogP contribution in [0.2, 0.25) is 0 Å². The van der Waals surface area contributed by atoms with Crippen molar-refractivity contribution in [2.45, 2.75) is 76.0 Å². The molecule has 86 heavy (non-hydrogen) atoms. The molecule has 7 aromatic carbocycles. The number of nitrogens with zero attached hydrogens (tertiary/aromatic N) is 1. The lowest BCUT2D eigenvalue weighted by atomic mass is 9.87. The van der Waals surface area contributed by atoms with Crippen LogP contribution in [0.15, 0.2) is 200 Å². The molecule has 1 fully saturated rings. The highest BCUT2D eigenvalue weighted by Crippen LogP contribution is 2.44. The Morgan fingerprint density at radius 1 is 0.500 bits per heavy atom. The fourth-order valence-corrected chi connectivity index (χ4v) is 8.77. The number of cyclic esters (lactones) is 1. The molecule has 5 atom stereocenters. The van der Waals surface area contributed by atoms with Crippen molar-refractivity contribution in [3.8, 4) is 130 Å². The Hall–Kier alpha value is -11.0. The largest absolute Gasteiger partial charge is 0.440 e. The van der Waals surface area contributed by atoms with Crippen LogP contribution in [0.3, 0.4) is 0 Å². The van der Waals surface area contributed by atoms with E-state index in [1.54, 1.807) is 62.4 Å². The van der Waals surface area contributed by atoms with Gasteiger partial charge in [-0.15, -0.1) is 12.8 Å². The molecule has 0 radical (unpaired) electrons. The number of hydrogen-bond donors (Lipinski definition) is 3. The average Bonchev–Trinajstić information content (AvgIpc) is 2.00. The lowest BCUT2D eigenvalue weighted by Crippen LogP contribution is -2.54. The van der Waals surface area contributed by atoms with Crippen molar-refractivity contribution >= 4 is 17.8 Å². The quantitative estimate of drug-likeness (QED) is 0.0806. The summed E-state index contributed by atoms with van der Waals surface area (Å²) in [4.78, 5) is 41.0. The van der Waals surface area contributed by atoms with Crippen LogP contribution in [0, 0.1) is 108 Å². The molecule has 1 saturated heterocycles. The third-order valence-electron chi connectivity index (χ3n) is 13.4. The van der Waals surface area contributed by atoms with Crippen LogP contribution in [0.4, 0.5) is 4.79 Å². The number of amides is 2. The molecular weight excluding hydrogens is 1070 g/mol. The number of carbonyl (C=O) groups is 3. The van der Waals surface area contributed by atoms with Gasteiger partial charge in [0.2, 0.25) is 0 Å². The number of rotatable bonds is 16. The predicted octanol–water partition coefficient (Wildman–Crippen LogP) is 11.1. The van der Waals surface area contributed by atoms with Crippen molar-refractivity contribution in [2.75, 3.05) is 6.61 Å². The van der Waals surface area contributed by atoms with Crippen molar-refractivity contribution < 1.29 is 43.9 Å². The van der Waals surface area contributed by atoms with Gasteiger partial charge in [-0.2, -0.15) is 0 Å². The van der Waals surface area contributed by atoms with Crippen LogP contribution in [-0.4, -0.2) is 61.4 Å². The minimum absolute atomic E-state index is 0.0451. The molecule has 0 aliphatic carbocycles. The molecule has 2 amide bonds. The maximum atomic E-state index is 14.4. The van der Waals surface area contributed by atoms with E-state index in [4.69, 9.17) is 27.1 Å². The van der Waals surface area contributed by atoms with Gasteiger partial charge in [0.25, 0.3) is 5.91 Å². The first-order chi connectivity index (χ1) is 41.7. The molecule has 0 bridgehead atoms. The smallest absolute Gasteiger partial charge is 0.417 e. The van der Waals surface area contributed by atoms with Crippen molar-refractivity contribution in [3.63, 3.8) is 0 Å². The zero-order valence-electron chi connectivity index (χ0n) is 47.8. The van der Waals surface area contributed by atoms with E-state index in [1.165, 1.54) is 13.8 Å². The van der Waals surface area contributed by atoms with E-state index in [0.29, 0.717) is 11.1 Å². The van der Waals surface area contributed by atoms with Crippen molar-refractivity contribution in [1.82, 2.24) is 4.90 Å². The molecule has 10 nitrogen and oxygen atoms in total. The SMILES string of the molecule is C#CC#CC#CC#CC#CC#CC#CC#CC#C.CC1(C)OC(=O)N(C(=O)[C@@](C)(OCc2ccc(-c3ccccc3)cc2)[C@@H](O)c2ccccc2)[C@H]1c1ccccc1.C[C@@](OCc1ccc(-c2ccccc2)cc1)(C(=O)CO)[C@@H](O)c1ccccc1. The number of carbonyl (C=O) groups excluding carboxylic acids is 3. The first-order valence-electron chi connectivity index (χ1n) is 26.9. The first-order valence-corrected chi connectivity index (χ1v) is 26.9. The van der Waals surface area contributed by atoms with E-state index < -0.39 is 59.4 Å². The van der Waals surface area contributed by atoms with E-state index in [9.17, 15) is 29.7 Å². The van der Waals surface area contributed by atoms with Crippen LogP contribution in [0.1, 0.15) is 73.8 Å². The molecular formula is C76H59NO9. The Bertz CT molecular complexity index is 3920. The zero-order valence-corrected chi connectivity index (χ0v) is 47.8. The lowest BCUT2D eigenvalue weighted by Gasteiger charge is -2.38. The molecule has 0 saturated carbocycles. The predicted molar refractivity (Wildman–Crippen MR) is 334 cm³/mol. The number of terminal acetylenes is 2. The van der Waals surface area contributed by atoms with Gasteiger partial charge in [0.15, 0.2) is 17.0 Å². The van der Waals surface area contributed by atoms with Crippen molar-refractivity contribution in [3.05, 3.63) is 228 Å². The highest BCUT2D eigenvalue weighted by atomic mass is 16.6. The molecule has 0 spiro atoms. The summed E-state index contributed by atoms with van der Waals surface area (Å²) < 4.78 is 17.9. The number of benzene rings is 7. The van der Waals surface area contributed by atoms with Gasteiger partial charge < -0.3 is 29.5 Å². The summed E-state index contributed by atoms with van der Waals surface area (Å²) in [5, 5.41) is 31.7. The zero-order chi connectivity index (χ0) is 61.6. The number of ether oxygens (including phenoxy) is 3. The maximum Gasteiger partial charge on any atom is 0.417 e. The van der Waals surface area contributed by atoms with Gasteiger partial charge in [0, 0.05) is 0 Å². The summed E-state index contributed by atoms with van der Waals surface area (Å²) in [6.07, 6.45) is 6.46. The number of imide groups is 1. The van der Waals surface area contributed by atoms with Gasteiger partial charge >= 0.3 is 6.09 Å². The standard InChI is InChI=1S/C34H33NO5.C24H24O4.C18H2/c1-33(2)29(27-15-9-5-10-16-27)35(32(38)40-33)31(37)34(3,30(36)28-17-11-6-12-18-28)39-23-24-19-21-26(22-20-24)25-13-7-4-8-14-25;1-24(22(26)16-25,23(27)21-10-6-3-7-11-21)28-17-18-12-14-20(15-13-18)19-8-4-2-5-9-19;1-3-5-7-9-11-13-15-17-18-16-14-12-10-8-6-4-2/h4-22,29-30,36H,23H2,1-3H3;2-15,23,25,27H,16-17H2,1H3;1-2H/t29-,30-,34-;23-,24+;/m00./s1. The summed E-state index contributed by atoms with van der Waals surface area (Å²) >= 11 is 0. The van der Waals surface area contributed by atoms with Crippen LogP contribution >= 0.6 is 0 Å². The minimum Gasteiger partial charge on any atom is -0.440 e. The number of aliphatic hydroxyl groups excluding tert-OH is 3. The molecule has 1 aliphatic heterocycles. The maximum absolute atomic E-state index is 14.4. The summed E-state index contributed by atoms with van der Waals surface area (Å²) in [5.74, 6) is 37.0. The third-order valence-corrected chi connectivity index (χ3v) is 13.4. The molecule has 8 rings (SSSR count). The number of aliphatic hydroxyl groups is 3. The average molecular weight is 1130 g/mol. The summed E-state index contributed by atoms with van der Waals surface area (Å²) in [7, 11) is 0. The van der Waals surface area contributed by atoms with Gasteiger partial charge in [0.05, 0.1) is 13.2 Å². The van der Waals surface area contributed by atoms with E-state index >= 15 is 0 Å². The number of ketones is 1. The Kier molecular flexibility index (Phi) is 24.3. The highest BCUT2D eigenvalue weighted by Gasteiger charge is 2.57. The van der Waals surface area contributed by atoms with E-state index in [-0.39, 0.29) is 13.2 Å². The summed E-state index contributed by atoms with van der Waals surface area (Å²) in [5.41, 5.74) is 3.53. The second kappa shape index (κ2) is 32.6. The topological polar surface area (TPSA) is 143 Å². The van der Waals surface area contributed by atoms with E-state index in [2.05, 4.69) is 94.7 Å². The van der Waals surface area contributed by atoms with Gasteiger partial charge in [-0.3, -0.25) is 9.59 Å². The molecule has 0 unspecified atom stereocenters. The van der Waals surface area contributed by atoms with Crippen LogP contribution in [0.25, 0.3) is 22.3 Å². The molecule has 3 N–H and O–H groups in total. The second-order valence-electron chi connectivity index (χ2n) is 19.6. The lowest BCUT2D eigenvalue weighted by molar-refractivity contribution is -0.175. The summed E-state index contributed by atoms with van der Waals surface area (Å²) in [6, 6.07) is 62.1. The van der Waals surface area contributed by atoms with Crippen LogP contribution in [0.5, 0.6) is 0 Å². The molecule has 1 aliphatic rings. The molecule has 10 heteroatoms. The van der Waals surface area contributed by atoms with Crippen molar-refractivity contribution in [1.29, 1.82) is 0 Å². The number of hydrogen-bond acceptors (Lipinski definition) is 9. The molecule has 7 aromatic rings. The second-order valence-corrected chi connectivity index (χ2v) is 19.6. The first kappa shape index (κ1) is 64.2. The summed E-state index contributed by atoms with van der Waals surface area (Å²) in [6.45, 7) is 6.08. The molecule has 1 heterocycles. The highest BCUT2D eigenvalue weighted by molar-refractivity contribution is 5.99. The fourth-order valence-electron chi connectivity index (χ4n) is 8.77. The van der Waals surface area contributed by atoms with Gasteiger partial charge in [-0.1, -0.05) is 200 Å². The fraction of sp³-hybridized carbons (Fsp3) is 0.171. The van der Waals surface area contributed by atoms with Crippen LogP contribution in [-0.2, 0) is 37.0 Å². The molecule has 0 aromatic heterocycles. The van der Waals surface area contributed by atoms with Crippen molar-refractivity contribution in [2.24, 2.45) is 0 Å². The normalized spacial score (nSPS) is 14.0. The van der Waals surface area contributed by atoms with Gasteiger partial charge in [0.1, 0.15) is 30.5 Å². The van der Waals surface area contributed by atoms with E-state index in [0.717, 1.165) is 43.8 Å². The molecule has 422 valence electrons. The van der Waals surface area contributed by atoms with Crippen LogP contribution < -0.4 is 0 Å².